The third kappa shape index (κ3) is 2.48. The summed E-state index contributed by atoms with van der Waals surface area (Å²) in [6, 6.07) is 7.34. The van der Waals surface area contributed by atoms with Crippen LogP contribution in [0, 0.1) is 6.92 Å². The number of allylic oxidation sites excluding steroid dienone is 1. The van der Waals surface area contributed by atoms with Crippen LogP contribution in [0.2, 0.25) is 0 Å². The Morgan fingerprint density at radius 1 is 1.17 bits per heavy atom. The molecule has 2 rings (SSSR count). The molecule has 18 heavy (non-hydrogen) atoms. The molecule has 4 heteroatoms. The molecule has 0 spiro atoms. The van der Waals surface area contributed by atoms with Crippen molar-refractivity contribution in [1.82, 2.24) is 5.32 Å². The fourth-order valence-electron chi connectivity index (χ4n) is 1.79. The van der Waals surface area contributed by atoms with Crippen LogP contribution in [0.4, 0.5) is 0 Å². The van der Waals surface area contributed by atoms with E-state index >= 15 is 0 Å². The second-order valence-corrected chi connectivity index (χ2v) is 5.55. The highest BCUT2D eigenvalue weighted by Gasteiger charge is 2.32. The maximum absolute atomic E-state index is 11.9. The third-order valence-electron chi connectivity index (χ3n) is 2.83. The number of carbonyl (C=O) groups excluding carboxylic acids is 2. The molecule has 0 bridgehead atoms. The van der Waals surface area contributed by atoms with Crippen LogP contribution in [-0.2, 0) is 9.59 Å². The molecule has 3 nitrogen and oxygen atoms in total. The van der Waals surface area contributed by atoms with Gasteiger partial charge in [0.05, 0.1) is 5.70 Å². The Morgan fingerprint density at radius 3 is 2.33 bits per heavy atom. The summed E-state index contributed by atoms with van der Waals surface area (Å²) < 4.78 is 0. The first-order valence-electron chi connectivity index (χ1n) is 5.75. The number of benzene rings is 1. The molecule has 1 saturated heterocycles. The summed E-state index contributed by atoms with van der Waals surface area (Å²) in [7, 11) is 0. The largest absolute Gasteiger partial charge is 0.367 e. The zero-order valence-electron chi connectivity index (χ0n) is 10.6. The molecule has 1 heterocycles. The standard InChI is InChI=1S/C14H15NO2S/c1-8(2)11-13(16)18-14(17)12(15-11)10-6-4-9(3)5-7-10/h4-7,12,15H,1-3H3. The topological polar surface area (TPSA) is 46.2 Å². The van der Waals surface area contributed by atoms with Gasteiger partial charge in [-0.3, -0.25) is 9.59 Å². The molecule has 0 saturated carbocycles. The summed E-state index contributed by atoms with van der Waals surface area (Å²) in [6.07, 6.45) is 0. The Hall–Kier alpha value is -1.55. The first-order valence-corrected chi connectivity index (χ1v) is 6.57. The Balaban J connectivity index is 2.33. The lowest BCUT2D eigenvalue weighted by Gasteiger charge is -2.25. The minimum Gasteiger partial charge on any atom is -0.367 e. The normalized spacial score (nSPS) is 19.7. The van der Waals surface area contributed by atoms with Gasteiger partial charge in [0.15, 0.2) is 0 Å². The number of hydrogen-bond acceptors (Lipinski definition) is 4. The van der Waals surface area contributed by atoms with E-state index in [0.29, 0.717) is 5.70 Å². The second kappa shape index (κ2) is 4.98. The molecule has 1 aliphatic rings. The lowest BCUT2D eigenvalue weighted by Crippen LogP contribution is -2.35. The number of thioether (sulfide) groups is 1. The van der Waals surface area contributed by atoms with Gasteiger partial charge in [0.25, 0.3) is 0 Å². The zero-order valence-corrected chi connectivity index (χ0v) is 11.4. The maximum atomic E-state index is 11.9. The van der Waals surface area contributed by atoms with Gasteiger partial charge in [-0.2, -0.15) is 0 Å². The minimum absolute atomic E-state index is 0.145. The summed E-state index contributed by atoms with van der Waals surface area (Å²) in [5.41, 5.74) is 3.49. The van der Waals surface area contributed by atoms with E-state index in [1.807, 2.05) is 45.0 Å². The molecule has 1 aromatic rings. The molecule has 94 valence electrons. The Morgan fingerprint density at radius 2 is 1.78 bits per heavy atom. The zero-order chi connectivity index (χ0) is 13.3. The molecule has 1 unspecified atom stereocenters. The van der Waals surface area contributed by atoms with Crippen LogP contribution >= 0.6 is 11.8 Å². The smallest absolute Gasteiger partial charge is 0.242 e. The Labute approximate surface area is 111 Å². The molecule has 0 amide bonds. The van der Waals surface area contributed by atoms with Crippen LogP contribution in [0.3, 0.4) is 0 Å². The monoisotopic (exact) mass is 261 g/mol. The van der Waals surface area contributed by atoms with E-state index in [1.54, 1.807) is 0 Å². The lowest BCUT2D eigenvalue weighted by molar-refractivity contribution is -0.115. The van der Waals surface area contributed by atoms with Gasteiger partial charge in [-0.15, -0.1) is 0 Å². The summed E-state index contributed by atoms with van der Waals surface area (Å²) in [5.74, 6) is 0. The highest BCUT2D eigenvalue weighted by atomic mass is 32.2. The predicted octanol–water partition coefficient (Wildman–Crippen LogP) is 2.72. The summed E-state index contributed by atoms with van der Waals surface area (Å²) >= 11 is 0.787. The summed E-state index contributed by atoms with van der Waals surface area (Å²) in [6.45, 7) is 5.73. The van der Waals surface area contributed by atoms with E-state index < -0.39 is 6.04 Å². The second-order valence-electron chi connectivity index (χ2n) is 4.57. The highest BCUT2D eigenvalue weighted by molar-refractivity contribution is 8.26. The van der Waals surface area contributed by atoms with Crippen LogP contribution in [0.5, 0.6) is 0 Å². The van der Waals surface area contributed by atoms with Crippen molar-refractivity contribution in [3.8, 4) is 0 Å². The van der Waals surface area contributed by atoms with Gasteiger partial charge in [0.1, 0.15) is 6.04 Å². The average Bonchev–Trinajstić information content (AvgIpc) is 2.30. The van der Waals surface area contributed by atoms with Crippen molar-refractivity contribution in [2.45, 2.75) is 26.8 Å². The maximum Gasteiger partial charge on any atom is 0.242 e. The van der Waals surface area contributed by atoms with Crippen molar-refractivity contribution in [3.05, 3.63) is 46.7 Å². The van der Waals surface area contributed by atoms with E-state index in [2.05, 4.69) is 5.32 Å². The number of carbonyl (C=O) groups is 2. The van der Waals surface area contributed by atoms with E-state index in [9.17, 15) is 9.59 Å². The van der Waals surface area contributed by atoms with Crippen molar-refractivity contribution in [2.75, 3.05) is 0 Å². The van der Waals surface area contributed by atoms with Gasteiger partial charge in [0.2, 0.25) is 10.2 Å². The van der Waals surface area contributed by atoms with Crippen molar-refractivity contribution >= 4 is 22.0 Å². The summed E-state index contributed by atoms with van der Waals surface area (Å²) in [5, 5.41) is 2.71. The molecular weight excluding hydrogens is 246 g/mol. The lowest BCUT2D eigenvalue weighted by atomic mass is 10.1. The molecule has 1 aromatic carbocycles. The van der Waals surface area contributed by atoms with Gasteiger partial charge in [0, 0.05) is 0 Å². The Kier molecular flexibility index (Phi) is 3.57. The van der Waals surface area contributed by atoms with Crippen molar-refractivity contribution < 1.29 is 9.59 Å². The van der Waals surface area contributed by atoms with Crippen LogP contribution < -0.4 is 5.32 Å². The van der Waals surface area contributed by atoms with Crippen LogP contribution in [0.25, 0.3) is 0 Å². The minimum atomic E-state index is -0.432. The SMILES string of the molecule is CC(C)=C1NC(c2ccc(C)cc2)C(=O)SC1=O. The van der Waals surface area contributed by atoms with Gasteiger partial charge in [-0.1, -0.05) is 29.8 Å². The van der Waals surface area contributed by atoms with E-state index in [1.165, 1.54) is 0 Å². The van der Waals surface area contributed by atoms with Crippen LogP contribution in [0.15, 0.2) is 35.5 Å². The van der Waals surface area contributed by atoms with Crippen molar-refractivity contribution in [1.29, 1.82) is 0 Å². The van der Waals surface area contributed by atoms with E-state index in [0.717, 1.165) is 28.5 Å². The molecular formula is C14H15NO2S. The highest BCUT2D eigenvalue weighted by Crippen LogP contribution is 2.30. The fraction of sp³-hybridized carbons (Fsp3) is 0.286. The fourth-order valence-corrected chi connectivity index (χ4v) is 2.65. The van der Waals surface area contributed by atoms with Crippen molar-refractivity contribution in [2.24, 2.45) is 0 Å². The molecule has 0 radical (unpaired) electrons. The van der Waals surface area contributed by atoms with E-state index in [4.69, 9.17) is 0 Å². The molecule has 0 aliphatic carbocycles. The van der Waals surface area contributed by atoms with Crippen LogP contribution in [0.1, 0.15) is 31.0 Å². The molecule has 1 atom stereocenters. The Bertz CT molecular complexity index is 527. The van der Waals surface area contributed by atoms with E-state index in [-0.39, 0.29) is 10.2 Å². The first-order chi connectivity index (χ1) is 8.49. The third-order valence-corrected chi connectivity index (χ3v) is 3.66. The summed E-state index contributed by atoms with van der Waals surface area (Å²) in [4.78, 5) is 23.6. The van der Waals surface area contributed by atoms with Gasteiger partial charge < -0.3 is 5.32 Å². The van der Waals surface area contributed by atoms with Crippen LogP contribution in [-0.4, -0.2) is 10.2 Å². The molecule has 1 fully saturated rings. The number of nitrogens with one attached hydrogen (secondary N) is 1. The van der Waals surface area contributed by atoms with Gasteiger partial charge in [-0.05, 0) is 43.7 Å². The number of hydrogen-bond donors (Lipinski definition) is 1. The van der Waals surface area contributed by atoms with Gasteiger partial charge in [-0.25, -0.2) is 0 Å². The number of aryl methyl sites for hydroxylation is 1. The quantitative estimate of drug-likeness (QED) is 0.790. The molecule has 1 aliphatic heterocycles. The molecule has 0 aromatic heterocycles. The predicted molar refractivity (Wildman–Crippen MR) is 73.0 cm³/mol. The average molecular weight is 261 g/mol. The van der Waals surface area contributed by atoms with Crippen molar-refractivity contribution in [3.63, 3.8) is 0 Å². The molecule has 1 N–H and O–H groups in total. The van der Waals surface area contributed by atoms with Gasteiger partial charge >= 0.3 is 0 Å². The number of rotatable bonds is 1. The first kappa shape index (κ1) is 12.9.